The van der Waals surface area contributed by atoms with Gasteiger partial charge in [0.1, 0.15) is 0 Å². The quantitative estimate of drug-likeness (QED) is 0.649. The Balaban J connectivity index is 2.10. The van der Waals surface area contributed by atoms with Crippen LogP contribution in [0.25, 0.3) is 0 Å². The van der Waals surface area contributed by atoms with Crippen LogP contribution >= 0.6 is 0 Å². The maximum absolute atomic E-state index is 11.9. The van der Waals surface area contributed by atoms with E-state index in [0.29, 0.717) is 13.1 Å². The van der Waals surface area contributed by atoms with Gasteiger partial charge in [-0.3, -0.25) is 14.6 Å². The van der Waals surface area contributed by atoms with Gasteiger partial charge >= 0.3 is 0 Å². The second-order valence-electron chi connectivity index (χ2n) is 4.27. The minimum absolute atomic E-state index is 0.108. The Bertz CT molecular complexity index is 679. The SMILES string of the molecule is NCc1ccccc1CNC(=O)c1cc(O)[nH]c(=O)c1. The normalized spacial score (nSPS) is 10.2. The molecule has 1 aromatic carbocycles. The molecule has 0 radical (unpaired) electrons. The predicted octanol–water partition coefficient (Wildman–Crippen LogP) is 0.469. The largest absolute Gasteiger partial charge is 0.494 e. The number of pyridine rings is 1. The van der Waals surface area contributed by atoms with E-state index >= 15 is 0 Å². The highest BCUT2D eigenvalue weighted by atomic mass is 16.3. The molecule has 2 aromatic rings. The summed E-state index contributed by atoms with van der Waals surface area (Å²) in [4.78, 5) is 25.3. The van der Waals surface area contributed by atoms with Crippen molar-refractivity contribution >= 4 is 5.91 Å². The molecule has 0 bridgehead atoms. The molecule has 0 spiro atoms. The van der Waals surface area contributed by atoms with Gasteiger partial charge in [-0.1, -0.05) is 24.3 Å². The Kier molecular flexibility index (Phi) is 4.17. The van der Waals surface area contributed by atoms with E-state index < -0.39 is 11.5 Å². The summed E-state index contributed by atoms with van der Waals surface area (Å²) in [5.74, 6) is -0.775. The van der Waals surface area contributed by atoms with Crippen molar-refractivity contribution in [1.82, 2.24) is 10.3 Å². The van der Waals surface area contributed by atoms with E-state index in [2.05, 4.69) is 10.3 Å². The van der Waals surface area contributed by atoms with Gasteiger partial charge in [0.2, 0.25) is 0 Å². The first kappa shape index (κ1) is 13.8. The number of nitrogens with two attached hydrogens (primary N) is 1. The summed E-state index contributed by atoms with van der Waals surface area (Å²) in [6.07, 6.45) is 0. The molecule has 1 aromatic heterocycles. The van der Waals surface area contributed by atoms with E-state index in [1.165, 1.54) is 6.07 Å². The number of nitrogens with one attached hydrogen (secondary N) is 2. The number of amides is 1. The van der Waals surface area contributed by atoms with Gasteiger partial charge in [-0.25, -0.2) is 0 Å². The molecule has 0 aliphatic rings. The number of hydrogen-bond donors (Lipinski definition) is 4. The second kappa shape index (κ2) is 6.03. The van der Waals surface area contributed by atoms with E-state index in [0.717, 1.165) is 17.2 Å². The predicted molar refractivity (Wildman–Crippen MR) is 74.2 cm³/mol. The standard InChI is InChI=1S/C14H15N3O3/c15-7-9-3-1-2-4-10(9)8-16-14(20)11-5-12(18)17-13(19)6-11/h1-6H,7-8,15H2,(H,16,20)(H2,17,18,19). The molecule has 104 valence electrons. The summed E-state index contributed by atoms with van der Waals surface area (Å²) in [6.45, 7) is 0.692. The lowest BCUT2D eigenvalue weighted by molar-refractivity contribution is 0.0950. The summed E-state index contributed by atoms with van der Waals surface area (Å²) in [7, 11) is 0. The van der Waals surface area contributed by atoms with Crippen LogP contribution in [0.15, 0.2) is 41.2 Å². The molecule has 0 aliphatic carbocycles. The molecule has 0 aliphatic heterocycles. The molecular weight excluding hydrogens is 258 g/mol. The zero-order valence-corrected chi connectivity index (χ0v) is 10.7. The third kappa shape index (κ3) is 3.24. The van der Waals surface area contributed by atoms with E-state index in [4.69, 9.17) is 5.73 Å². The maximum atomic E-state index is 11.9. The average molecular weight is 273 g/mol. The fraction of sp³-hybridized carbons (Fsp3) is 0.143. The fourth-order valence-electron chi connectivity index (χ4n) is 1.87. The van der Waals surface area contributed by atoms with Gasteiger partial charge in [0, 0.05) is 25.2 Å². The summed E-state index contributed by atoms with van der Waals surface area (Å²) < 4.78 is 0. The third-order valence-electron chi connectivity index (χ3n) is 2.87. The molecule has 0 unspecified atom stereocenters. The lowest BCUT2D eigenvalue weighted by atomic mass is 10.1. The van der Waals surface area contributed by atoms with Crippen molar-refractivity contribution in [2.45, 2.75) is 13.1 Å². The summed E-state index contributed by atoms with van der Waals surface area (Å²) >= 11 is 0. The van der Waals surface area contributed by atoms with Crippen LogP contribution in [0.5, 0.6) is 5.88 Å². The lowest BCUT2D eigenvalue weighted by Gasteiger charge is -2.09. The molecule has 20 heavy (non-hydrogen) atoms. The van der Waals surface area contributed by atoms with Crippen molar-refractivity contribution in [1.29, 1.82) is 0 Å². The highest BCUT2D eigenvalue weighted by Gasteiger charge is 2.08. The van der Waals surface area contributed by atoms with Crippen molar-refractivity contribution in [3.05, 3.63) is 63.4 Å². The summed E-state index contributed by atoms with van der Waals surface area (Å²) in [6, 6.07) is 9.83. The molecule has 0 atom stereocenters. The monoisotopic (exact) mass is 273 g/mol. The minimum atomic E-state index is -0.530. The zero-order chi connectivity index (χ0) is 14.5. The first-order chi connectivity index (χ1) is 9.60. The number of aromatic hydroxyl groups is 1. The first-order valence-electron chi connectivity index (χ1n) is 6.08. The van der Waals surface area contributed by atoms with Crippen molar-refractivity contribution in [3.63, 3.8) is 0 Å². The van der Waals surface area contributed by atoms with Gasteiger partial charge in [-0.15, -0.1) is 0 Å². The molecule has 6 heteroatoms. The van der Waals surface area contributed by atoms with Gasteiger partial charge < -0.3 is 16.2 Å². The molecule has 2 rings (SSSR count). The van der Waals surface area contributed by atoms with Crippen LogP contribution in [0.1, 0.15) is 21.5 Å². The summed E-state index contributed by atoms with van der Waals surface area (Å²) in [5.41, 5.74) is 7.05. The first-order valence-corrected chi connectivity index (χ1v) is 6.08. The van der Waals surface area contributed by atoms with Gasteiger partial charge in [0.05, 0.1) is 5.56 Å². The Labute approximate surface area is 115 Å². The van der Waals surface area contributed by atoms with Gasteiger partial charge in [0.15, 0.2) is 5.88 Å². The number of H-pyrrole nitrogens is 1. The van der Waals surface area contributed by atoms with E-state index in [9.17, 15) is 14.7 Å². The zero-order valence-electron chi connectivity index (χ0n) is 10.7. The number of hydrogen-bond acceptors (Lipinski definition) is 4. The van der Waals surface area contributed by atoms with E-state index in [1.54, 1.807) is 0 Å². The Morgan fingerprint density at radius 1 is 1.25 bits per heavy atom. The molecule has 0 saturated carbocycles. The molecule has 0 fully saturated rings. The number of rotatable bonds is 4. The number of aromatic nitrogens is 1. The summed E-state index contributed by atoms with van der Waals surface area (Å²) in [5, 5.41) is 11.9. The number of carbonyl (C=O) groups excluding carboxylic acids is 1. The maximum Gasteiger partial charge on any atom is 0.251 e. The van der Waals surface area contributed by atoms with Crippen LogP contribution < -0.4 is 16.6 Å². The Hall–Kier alpha value is -2.60. The topological polar surface area (TPSA) is 108 Å². The number of carbonyl (C=O) groups is 1. The number of aromatic amines is 1. The van der Waals surface area contributed by atoms with Crippen LogP contribution in [0.2, 0.25) is 0 Å². The molecule has 5 N–H and O–H groups in total. The highest BCUT2D eigenvalue weighted by molar-refractivity contribution is 5.94. The third-order valence-corrected chi connectivity index (χ3v) is 2.87. The van der Waals surface area contributed by atoms with Crippen molar-refractivity contribution < 1.29 is 9.90 Å². The van der Waals surface area contributed by atoms with Crippen LogP contribution in [0.3, 0.4) is 0 Å². The molecule has 1 heterocycles. The average Bonchev–Trinajstić information content (AvgIpc) is 2.44. The highest BCUT2D eigenvalue weighted by Crippen LogP contribution is 2.08. The van der Waals surface area contributed by atoms with Crippen molar-refractivity contribution in [2.75, 3.05) is 0 Å². The van der Waals surface area contributed by atoms with Crippen LogP contribution in [0, 0.1) is 0 Å². The lowest BCUT2D eigenvalue weighted by Crippen LogP contribution is -2.25. The molecule has 0 saturated heterocycles. The molecule has 6 nitrogen and oxygen atoms in total. The Morgan fingerprint density at radius 2 is 1.95 bits per heavy atom. The van der Waals surface area contributed by atoms with Gasteiger partial charge in [-0.05, 0) is 11.1 Å². The van der Waals surface area contributed by atoms with Crippen LogP contribution in [0.4, 0.5) is 0 Å². The van der Waals surface area contributed by atoms with Gasteiger partial charge in [-0.2, -0.15) is 0 Å². The van der Waals surface area contributed by atoms with Crippen LogP contribution in [-0.4, -0.2) is 16.0 Å². The van der Waals surface area contributed by atoms with Crippen LogP contribution in [-0.2, 0) is 13.1 Å². The molecular formula is C14H15N3O3. The molecule has 1 amide bonds. The minimum Gasteiger partial charge on any atom is -0.494 e. The van der Waals surface area contributed by atoms with Gasteiger partial charge in [0.25, 0.3) is 11.5 Å². The van der Waals surface area contributed by atoms with Crippen molar-refractivity contribution in [3.8, 4) is 5.88 Å². The number of benzene rings is 1. The van der Waals surface area contributed by atoms with E-state index in [-0.39, 0.29) is 11.4 Å². The smallest absolute Gasteiger partial charge is 0.251 e. The van der Waals surface area contributed by atoms with E-state index in [1.807, 2.05) is 24.3 Å². The Morgan fingerprint density at radius 3 is 2.60 bits per heavy atom. The van der Waals surface area contributed by atoms with Crippen molar-refractivity contribution in [2.24, 2.45) is 5.73 Å². The fourth-order valence-corrected chi connectivity index (χ4v) is 1.87. The second-order valence-corrected chi connectivity index (χ2v) is 4.27.